The van der Waals surface area contributed by atoms with Crippen molar-refractivity contribution < 1.29 is 0 Å². The molecule has 0 atom stereocenters. The number of hydrogen-bond donors (Lipinski definition) is 3. The number of aromatic nitrogens is 4. The van der Waals surface area contributed by atoms with E-state index in [4.69, 9.17) is 11.5 Å². The second-order valence-electron chi connectivity index (χ2n) is 6.48. The molecule has 0 unspecified atom stereocenters. The summed E-state index contributed by atoms with van der Waals surface area (Å²) in [5, 5.41) is 17.1. The first-order chi connectivity index (χ1) is 13.5. The van der Waals surface area contributed by atoms with Crippen LogP contribution in [-0.4, -0.2) is 32.3 Å². The summed E-state index contributed by atoms with van der Waals surface area (Å²) in [7, 11) is 0. The fraction of sp³-hybridized carbons (Fsp3) is 0.368. The van der Waals surface area contributed by atoms with Gasteiger partial charge in [-0.2, -0.15) is 14.9 Å². The van der Waals surface area contributed by atoms with Gasteiger partial charge in [-0.15, -0.1) is 0 Å². The van der Waals surface area contributed by atoms with Gasteiger partial charge in [0.15, 0.2) is 5.65 Å². The number of nitriles is 1. The average Bonchev–Trinajstić information content (AvgIpc) is 3.00. The maximum atomic E-state index is 12.4. The molecule has 0 fully saturated rings. The zero-order chi connectivity index (χ0) is 20.3. The van der Waals surface area contributed by atoms with E-state index in [1.54, 1.807) is 16.8 Å². The number of nitrogens with zero attached hydrogens (tertiary/aromatic N) is 5. The number of fused-ring (bicyclic) bond motifs is 1. The van der Waals surface area contributed by atoms with E-state index in [-0.39, 0.29) is 16.9 Å². The number of rotatable bonds is 7. The van der Waals surface area contributed by atoms with Crippen LogP contribution < -0.4 is 22.3 Å². The van der Waals surface area contributed by atoms with Gasteiger partial charge in [-0.05, 0) is 25.8 Å². The summed E-state index contributed by atoms with van der Waals surface area (Å²) in [4.78, 5) is 17.0. The molecule has 3 rings (SSSR count). The van der Waals surface area contributed by atoms with Crippen LogP contribution in [0.5, 0.6) is 0 Å². The van der Waals surface area contributed by atoms with Crippen LogP contribution >= 0.6 is 0 Å². The molecule has 28 heavy (non-hydrogen) atoms. The second-order valence-corrected chi connectivity index (χ2v) is 6.48. The monoisotopic (exact) mass is 380 g/mol. The zero-order valence-electron chi connectivity index (χ0n) is 16.1. The third-order valence-electron chi connectivity index (χ3n) is 4.72. The smallest absolute Gasteiger partial charge is 0.253 e. The second kappa shape index (κ2) is 8.10. The van der Waals surface area contributed by atoms with Crippen LogP contribution in [0, 0.1) is 18.3 Å². The third kappa shape index (κ3) is 3.42. The Hall–Kier alpha value is -3.38. The van der Waals surface area contributed by atoms with Crippen molar-refractivity contribution in [3.63, 3.8) is 0 Å². The van der Waals surface area contributed by atoms with Crippen LogP contribution in [0.15, 0.2) is 23.1 Å². The van der Waals surface area contributed by atoms with E-state index in [2.05, 4.69) is 21.5 Å². The molecule has 146 valence electrons. The summed E-state index contributed by atoms with van der Waals surface area (Å²) >= 11 is 0. The highest BCUT2D eigenvalue weighted by Crippen LogP contribution is 2.24. The molecule has 9 heteroatoms. The zero-order valence-corrected chi connectivity index (χ0v) is 16.1. The Morgan fingerprint density at radius 2 is 2.18 bits per heavy atom. The lowest BCUT2D eigenvalue weighted by atomic mass is 10.2. The van der Waals surface area contributed by atoms with Crippen molar-refractivity contribution in [2.24, 2.45) is 5.73 Å². The Morgan fingerprint density at radius 1 is 1.39 bits per heavy atom. The molecular formula is C19H24N8O. The number of pyridine rings is 1. The van der Waals surface area contributed by atoms with Gasteiger partial charge in [0.25, 0.3) is 5.56 Å². The molecule has 0 saturated heterocycles. The minimum atomic E-state index is -0.0575. The van der Waals surface area contributed by atoms with Gasteiger partial charge in [-0.3, -0.25) is 4.79 Å². The third-order valence-corrected chi connectivity index (χ3v) is 4.72. The first kappa shape index (κ1) is 19.4. The molecule has 0 saturated carbocycles. The Balaban J connectivity index is 1.88. The van der Waals surface area contributed by atoms with Gasteiger partial charge in [0.05, 0.1) is 5.69 Å². The maximum absolute atomic E-state index is 12.4. The molecule has 9 nitrogen and oxygen atoms in total. The standard InChI is InChI=1S/C19H24N8O/c1-3-14-12(2)25-27-16(22)15(11-21)17(24-18(14)27)23-8-6-13-5-4-9-26(10-7-20)19(13)28/h4-5,9H,3,6-8,10,20,22H2,1-2H3,(H,23,24). The molecule has 5 N–H and O–H groups in total. The van der Waals surface area contributed by atoms with Crippen LogP contribution in [0.3, 0.4) is 0 Å². The molecule has 3 heterocycles. The molecule has 0 aromatic carbocycles. The van der Waals surface area contributed by atoms with Crippen LogP contribution in [0.2, 0.25) is 0 Å². The Morgan fingerprint density at radius 3 is 2.86 bits per heavy atom. The van der Waals surface area contributed by atoms with Gasteiger partial charge >= 0.3 is 0 Å². The fourth-order valence-corrected chi connectivity index (χ4v) is 3.28. The van der Waals surface area contributed by atoms with Crippen LogP contribution in [0.1, 0.15) is 29.3 Å². The summed E-state index contributed by atoms with van der Waals surface area (Å²) in [6.45, 7) is 5.24. The van der Waals surface area contributed by atoms with Crippen molar-refractivity contribution in [1.82, 2.24) is 19.2 Å². The number of nitrogens with two attached hydrogens (primary N) is 2. The summed E-state index contributed by atoms with van der Waals surface area (Å²) in [6, 6.07) is 5.72. The molecule has 0 spiro atoms. The summed E-state index contributed by atoms with van der Waals surface area (Å²) in [5.74, 6) is 0.656. The van der Waals surface area contributed by atoms with Crippen molar-refractivity contribution in [1.29, 1.82) is 5.26 Å². The van der Waals surface area contributed by atoms with Crippen LogP contribution in [0.25, 0.3) is 5.65 Å². The SMILES string of the molecule is CCc1c(C)nn2c(N)c(C#N)c(NCCc3cccn(CCN)c3=O)nc12. The largest absolute Gasteiger partial charge is 0.382 e. The lowest BCUT2D eigenvalue weighted by molar-refractivity contribution is 0.672. The fourth-order valence-electron chi connectivity index (χ4n) is 3.28. The minimum absolute atomic E-state index is 0.0575. The lowest BCUT2D eigenvalue weighted by Gasteiger charge is -2.11. The molecule has 3 aromatic heterocycles. The van der Waals surface area contributed by atoms with Gasteiger partial charge in [0.2, 0.25) is 0 Å². The van der Waals surface area contributed by atoms with E-state index < -0.39 is 0 Å². The van der Waals surface area contributed by atoms with Crippen molar-refractivity contribution in [3.05, 3.63) is 51.1 Å². The quantitative estimate of drug-likeness (QED) is 0.551. The van der Waals surface area contributed by atoms with E-state index in [1.165, 1.54) is 4.52 Å². The molecule has 0 amide bonds. The Labute approximate surface area is 162 Å². The van der Waals surface area contributed by atoms with Crippen molar-refractivity contribution in [3.8, 4) is 6.07 Å². The van der Waals surface area contributed by atoms with E-state index >= 15 is 0 Å². The number of nitrogen functional groups attached to an aromatic ring is 1. The van der Waals surface area contributed by atoms with E-state index in [9.17, 15) is 10.1 Å². The summed E-state index contributed by atoms with van der Waals surface area (Å²) in [5.41, 5.74) is 15.0. The number of aryl methyl sites for hydroxylation is 2. The first-order valence-electron chi connectivity index (χ1n) is 9.21. The number of nitrogens with one attached hydrogen (secondary N) is 1. The number of hydrogen-bond acceptors (Lipinski definition) is 7. The normalized spacial score (nSPS) is 10.9. The van der Waals surface area contributed by atoms with E-state index in [0.29, 0.717) is 43.1 Å². The van der Waals surface area contributed by atoms with Gasteiger partial charge in [0, 0.05) is 37.0 Å². The van der Waals surface area contributed by atoms with Gasteiger partial charge in [-0.25, -0.2) is 4.98 Å². The Kier molecular flexibility index (Phi) is 5.61. The molecule has 0 aliphatic heterocycles. The van der Waals surface area contributed by atoms with E-state index in [0.717, 1.165) is 17.7 Å². The molecule has 3 aromatic rings. The molecule has 0 aliphatic carbocycles. The Bertz CT molecular complexity index is 1110. The van der Waals surface area contributed by atoms with Crippen molar-refractivity contribution in [2.45, 2.75) is 33.2 Å². The topological polar surface area (TPSA) is 140 Å². The van der Waals surface area contributed by atoms with Crippen LogP contribution in [-0.2, 0) is 19.4 Å². The maximum Gasteiger partial charge on any atom is 0.253 e. The molecular weight excluding hydrogens is 356 g/mol. The number of anilines is 2. The molecule has 0 radical (unpaired) electrons. The summed E-state index contributed by atoms with van der Waals surface area (Å²) in [6.07, 6.45) is 2.98. The summed E-state index contributed by atoms with van der Waals surface area (Å²) < 4.78 is 3.11. The molecule has 0 aliphatic rings. The predicted molar refractivity (Wildman–Crippen MR) is 108 cm³/mol. The predicted octanol–water partition coefficient (Wildman–Crippen LogP) is 0.829. The van der Waals surface area contributed by atoms with Gasteiger partial charge < -0.3 is 21.4 Å². The first-order valence-corrected chi connectivity index (χ1v) is 9.21. The lowest BCUT2D eigenvalue weighted by Crippen LogP contribution is -2.27. The highest BCUT2D eigenvalue weighted by molar-refractivity contribution is 5.69. The highest BCUT2D eigenvalue weighted by atomic mass is 16.1. The van der Waals surface area contributed by atoms with Gasteiger partial charge in [-0.1, -0.05) is 13.0 Å². The van der Waals surface area contributed by atoms with Crippen LogP contribution in [0.4, 0.5) is 11.6 Å². The highest BCUT2D eigenvalue weighted by Gasteiger charge is 2.18. The van der Waals surface area contributed by atoms with Crippen molar-refractivity contribution in [2.75, 3.05) is 24.1 Å². The minimum Gasteiger partial charge on any atom is -0.382 e. The van der Waals surface area contributed by atoms with Crippen molar-refractivity contribution >= 4 is 17.3 Å². The van der Waals surface area contributed by atoms with E-state index in [1.807, 2.05) is 19.9 Å². The molecule has 0 bridgehead atoms. The average molecular weight is 380 g/mol. The van der Waals surface area contributed by atoms with Gasteiger partial charge in [0.1, 0.15) is 23.3 Å².